The van der Waals surface area contributed by atoms with Crippen LogP contribution in [0.15, 0.2) is 35.2 Å². The van der Waals surface area contributed by atoms with E-state index in [1.54, 1.807) is 25.1 Å². The van der Waals surface area contributed by atoms with Gasteiger partial charge in [-0.3, -0.25) is 0 Å². The Morgan fingerprint density at radius 2 is 2.05 bits per heavy atom. The fraction of sp³-hybridized carbons (Fsp3) is 0.364. The van der Waals surface area contributed by atoms with Crippen molar-refractivity contribution in [3.63, 3.8) is 0 Å². The maximum Gasteiger partial charge on any atom is 0.264 e. The van der Waals surface area contributed by atoms with Gasteiger partial charge in [0.2, 0.25) is 0 Å². The number of ether oxygens (including phenoxy) is 1. The largest absolute Gasteiger partial charge is 0.357 e. The lowest BCUT2D eigenvalue weighted by atomic mass is 10.4. The van der Waals surface area contributed by atoms with Crippen LogP contribution in [0.3, 0.4) is 0 Å². The second-order valence-corrected chi connectivity index (χ2v) is 5.60. The van der Waals surface area contributed by atoms with Crippen LogP contribution < -0.4 is 4.72 Å². The smallest absolute Gasteiger partial charge is 0.264 e. The summed E-state index contributed by atoms with van der Waals surface area (Å²) in [5, 5.41) is 10.8. The first-order valence-corrected chi connectivity index (χ1v) is 7.50. The molecule has 0 amide bonds. The summed E-state index contributed by atoms with van der Waals surface area (Å²) in [7, 11) is -3.72. The Balaban J connectivity index is 2.25. The SMILES string of the molecule is CCOC(C)n1nnnc1NS(=O)(=O)c1ccccc1. The van der Waals surface area contributed by atoms with Gasteiger partial charge in [0, 0.05) is 6.61 Å². The molecule has 1 aromatic heterocycles. The minimum atomic E-state index is -3.72. The molecule has 108 valence electrons. The summed E-state index contributed by atoms with van der Waals surface area (Å²) in [4.78, 5) is 0.138. The minimum Gasteiger partial charge on any atom is -0.357 e. The van der Waals surface area contributed by atoms with Crippen molar-refractivity contribution in [3.8, 4) is 0 Å². The van der Waals surface area contributed by atoms with Crippen molar-refractivity contribution in [3.05, 3.63) is 30.3 Å². The normalized spacial score (nSPS) is 13.1. The van der Waals surface area contributed by atoms with Gasteiger partial charge in [-0.2, -0.15) is 4.68 Å². The van der Waals surface area contributed by atoms with Crippen LogP contribution in [0.2, 0.25) is 0 Å². The van der Waals surface area contributed by atoms with E-state index >= 15 is 0 Å². The molecule has 2 rings (SSSR count). The molecule has 1 N–H and O–H groups in total. The van der Waals surface area contributed by atoms with Crippen LogP contribution >= 0.6 is 0 Å². The van der Waals surface area contributed by atoms with E-state index in [-0.39, 0.29) is 10.8 Å². The summed E-state index contributed by atoms with van der Waals surface area (Å²) in [6.07, 6.45) is -0.469. The highest BCUT2D eigenvalue weighted by molar-refractivity contribution is 7.92. The number of tetrazole rings is 1. The number of nitrogens with one attached hydrogen (secondary N) is 1. The highest BCUT2D eigenvalue weighted by atomic mass is 32.2. The van der Waals surface area contributed by atoms with Gasteiger partial charge in [0.25, 0.3) is 16.0 Å². The average molecular weight is 297 g/mol. The first kappa shape index (κ1) is 14.4. The molecule has 0 aliphatic carbocycles. The lowest BCUT2D eigenvalue weighted by Gasteiger charge is -2.13. The van der Waals surface area contributed by atoms with Crippen LogP contribution in [-0.2, 0) is 14.8 Å². The average Bonchev–Trinajstić information content (AvgIpc) is 2.87. The molecule has 0 aliphatic rings. The van der Waals surface area contributed by atoms with E-state index in [0.717, 1.165) is 0 Å². The van der Waals surface area contributed by atoms with Gasteiger partial charge >= 0.3 is 0 Å². The molecule has 0 bridgehead atoms. The van der Waals surface area contributed by atoms with E-state index in [9.17, 15) is 8.42 Å². The van der Waals surface area contributed by atoms with Crippen LogP contribution in [0.5, 0.6) is 0 Å². The second-order valence-electron chi connectivity index (χ2n) is 3.92. The van der Waals surface area contributed by atoms with Crippen molar-refractivity contribution in [2.75, 3.05) is 11.3 Å². The molecule has 1 unspecified atom stereocenters. The van der Waals surface area contributed by atoms with Gasteiger partial charge in [0.05, 0.1) is 4.90 Å². The Morgan fingerprint density at radius 1 is 1.35 bits per heavy atom. The topological polar surface area (TPSA) is 99.0 Å². The molecule has 8 nitrogen and oxygen atoms in total. The standard InChI is InChI=1S/C11H15N5O3S/c1-3-19-9(2)16-11(12-14-15-16)13-20(17,18)10-7-5-4-6-8-10/h4-9H,3H2,1-2H3,(H,12,13,15). The van der Waals surface area contributed by atoms with Crippen molar-refractivity contribution in [1.82, 2.24) is 20.2 Å². The Kier molecular flexibility index (Phi) is 4.30. The maximum absolute atomic E-state index is 12.2. The van der Waals surface area contributed by atoms with Crippen LogP contribution in [0.25, 0.3) is 0 Å². The molecular formula is C11H15N5O3S. The fourth-order valence-electron chi connectivity index (χ4n) is 1.60. The zero-order valence-corrected chi connectivity index (χ0v) is 11.9. The van der Waals surface area contributed by atoms with Crippen LogP contribution in [0.4, 0.5) is 5.95 Å². The van der Waals surface area contributed by atoms with Gasteiger partial charge in [-0.15, -0.1) is 0 Å². The molecule has 0 radical (unpaired) electrons. The summed E-state index contributed by atoms with van der Waals surface area (Å²) in [5.41, 5.74) is 0. The van der Waals surface area contributed by atoms with Crippen molar-refractivity contribution in [2.24, 2.45) is 0 Å². The summed E-state index contributed by atoms with van der Waals surface area (Å²) < 4.78 is 33.3. The van der Waals surface area contributed by atoms with Gasteiger partial charge in [-0.25, -0.2) is 13.1 Å². The molecule has 9 heteroatoms. The van der Waals surface area contributed by atoms with Gasteiger partial charge in [-0.1, -0.05) is 23.3 Å². The highest BCUT2D eigenvalue weighted by Gasteiger charge is 2.20. The Labute approximate surface area is 116 Å². The summed E-state index contributed by atoms with van der Waals surface area (Å²) in [6, 6.07) is 7.99. The number of sulfonamides is 1. The molecule has 2 aromatic rings. The third-order valence-electron chi connectivity index (χ3n) is 2.52. The fourth-order valence-corrected chi connectivity index (χ4v) is 2.60. The zero-order chi connectivity index (χ0) is 14.6. The van der Waals surface area contributed by atoms with E-state index in [1.165, 1.54) is 16.8 Å². The van der Waals surface area contributed by atoms with Crippen LogP contribution in [0, 0.1) is 0 Å². The molecule has 1 aromatic carbocycles. The quantitative estimate of drug-likeness (QED) is 0.855. The van der Waals surface area contributed by atoms with Crippen molar-refractivity contribution < 1.29 is 13.2 Å². The van der Waals surface area contributed by atoms with Crippen LogP contribution in [-0.4, -0.2) is 35.2 Å². The van der Waals surface area contributed by atoms with Crippen molar-refractivity contribution >= 4 is 16.0 Å². The Morgan fingerprint density at radius 3 is 2.70 bits per heavy atom. The second kappa shape index (κ2) is 5.97. The summed E-state index contributed by atoms with van der Waals surface area (Å²) >= 11 is 0. The molecular weight excluding hydrogens is 282 g/mol. The van der Waals surface area contributed by atoms with E-state index in [0.29, 0.717) is 6.61 Å². The zero-order valence-electron chi connectivity index (χ0n) is 11.1. The molecule has 0 saturated heterocycles. The molecule has 0 saturated carbocycles. The molecule has 1 heterocycles. The van der Waals surface area contributed by atoms with E-state index in [4.69, 9.17) is 4.74 Å². The van der Waals surface area contributed by atoms with E-state index in [2.05, 4.69) is 20.2 Å². The number of nitrogens with zero attached hydrogens (tertiary/aromatic N) is 4. The van der Waals surface area contributed by atoms with Crippen LogP contribution in [0.1, 0.15) is 20.1 Å². The van der Waals surface area contributed by atoms with E-state index in [1.807, 2.05) is 6.92 Å². The summed E-state index contributed by atoms with van der Waals surface area (Å²) in [6.45, 7) is 4.01. The van der Waals surface area contributed by atoms with Crippen molar-refractivity contribution in [2.45, 2.75) is 25.0 Å². The maximum atomic E-state index is 12.2. The first-order valence-electron chi connectivity index (χ1n) is 6.02. The number of rotatable bonds is 6. The predicted molar refractivity (Wildman–Crippen MR) is 71.4 cm³/mol. The molecule has 0 aliphatic heterocycles. The summed E-state index contributed by atoms with van der Waals surface area (Å²) in [5.74, 6) is 0.00908. The van der Waals surface area contributed by atoms with Gasteiger partial charge < -0.3 is 4.74 Å². The van der Waals surface area contributed by atoms with Crippen molar-refractivity contribution in [1.29, 1.82) is 0 Å². The van der Waals surface area contributed by atoms with Gasteiger partial charge in [0.15, 0.2) is 6.23 Å². The number of hydrogen-bond acceptors (Lipinski definition) is 6. The lowest BCUT2D eigenvalue weighted by Crippen LogP contribution is -2.20. The third-order valence-corrected chi connectivity index (χ3v) is 3.87. The van der Waals surface area contributed by atoms with Gasteiger partial charge in [0.1, 0.15) is 0 Å². The molecule has 0 fully saturated rings. The Bertz CT molecular complexity index is 656. The number of hydrogen-bond donors (Lipinski definition) is 1. The lowest BCUT2D eigenvalue weighted by molar-refractivity contribution is 0.0163. The Hall–Kier alpha value is -2.00. The molecule has 20 heavy (non-hydrogen) atoms. The molecule has 0 spiro atoms. The van der Waals surface area contributed by atoms with E-state index < -0.39 is 16.3 Å². The minimum absolute atomic E-state index is 0.00908. The number of aromatic nitrogens is 4. The highest BCUT2D eigenvalue weighted by Crippen LogP contribution is 2.16. The third kappa shape index (κ3) is 3.11. The monoisotopic (exact) mass is 297 g/mol. The number of benzene rings is 1. The first-order chi connectivity index (χ1) is 9.54. The molecule has 1 atom stereocenters. The predicted octanol–water partition coefficient (Wildman–Crippen LogP) is 1.03. The van der Waals surface area contributed by atoms with Gasteiger partial charge in [-0.05, 0) is 36.4 Å². The number of anilines is 1.